The van der Waals surface area contributed by atoms with Crippen LogP contribution >= 0.6 is 0 Å². The van der Waals surface area contributed by atoms with Gasteiger partial charge in [0.05, 0.1) is 11.2 Å². The second-order valence-electron chi connectivity index (χ2n) is 2.69. The third-order valence-electron chi connectivity index (χ3n) is 1.86. The van der Waals surface area contributed by atoms with Crippen LogP contribution in [0, 0.1) is 10.1 Å². The van der Waals surface area contributed by atoms with Gasteiger partial charge in [-0.2, -0.15) is 0 Å². The van der Waals surface area contributed by atoms with Crippen LogP contribution < -0.4 is 5.43 Å². The molecule has 0 radical (unpaired) electrons. The van der Waals surface area contributed by atoms with Crippen LogP contribution in [0.1, 0.15) is 0 Å². The molecule has 0 unspecified atom stereocenters. The molecule has 0 N–H and O–H groups in total. The zero-order chi connectivity index (χ0) is 10.1. The summed E-state index contributed by atoms with van der Waals surface area (Å²) in [5, 5.41) is 10.6. The highest BCUT2D eigenvalue weighted by Crippen LogP contribution is 2.21. The minimum atomic E-state index is -0.598. The Bertz CT molecular complexity index is 553. The minimum Gasteiger partial charge on any atom is -0.464 e. The third kappa shape index (κ3) is 1.15. The van der Waals surface area contributed by atoms with Crippen molar-refractivity contribution in [3.63, 3.8) is 0 Å². The van der Waals surface area contributed by atoms with Crippen LogP contribution in [-0.4, -0.2) is 4.92 Å². The fourth-order valence-corrected chi connectivity index (χ4v) is 1.27. The maximum absolute atomic E-state index is 11.3. The number of hydrogen-bond donors (Lipinski definition) is 0. The van der Waals surface area contributed by atoms with E-state index in [1.54, 1.807) is 0 Å². The first kappa shape index (κ1) is 8.43. The molecular formula is C9H5NO4. The van der Waals surface area contributed by atoms with Crippen molar-refractivity contribution in [3.8, 4) is 0 Å². The molecule has 0 amide bonds. The number of rotatable bonds is 1. The molecule has 0 saturated heterocycles. The first-order valence-corrected chi connectivity index (χ1v) is 3.85. The van der Waals surface area contributed by atoms with Crippen LogP contribution in [0.3, 0.4) is 0 Å². The lowest BCUT2D eigenvalue weighted by Crippen LogP contribution is -2.01. The van der Waals surface area contributed by atoms with Gasteiger partial charge in [-0.1, -0.05) is 6.07 Å². The Kier molecular flexibility index (Phi) is 1.78. The second kappa shape index (κ2) is 2.95. The normalized spacial score (nSPS) is 10.3. The van der Waals surface area contributed by atoms with Gasteiger partial charge in [0.25, 0.3) is 5.69 Å². The molecule has 0 aliphatic rings. The van der Waals surface area contributed by atoms with E-state index in [9.17, 15) is 14.9 Å². The molecule has 0 saturated carbocycles. The number of hydrogen-bond acceptors (Lipinski definition) is 4. The summed E-state index contributed by atoms with van der Waals surface area (Å²) < 4.78 is 4.98. The Balaban J connectivity index is 2.99. The van der Waals surface area contributed by atoms with Crippen LogP contribution in [0.15, 0.2) is 39.7 Å². The van der Waals surface area contributed by atoms with E-state index in [-0.39, 0.29) is 16.7 Å². The van der Waals surface area contributed by atoms with Crippen LogP contribution in [0.4, 0.5) is 5.69 Å². The SMILES string of the molecule is O=c1ccoc2cccc([N+](=O)[O-])c12. The summed E-state index contributed by atoms with van der Waals surface area (Å²) in [6, 6.07) is 5.43. The first-order chi connectivity index (χ1) is 6.70. The highest BCUT2D eigenvalue weighted by Gasteiger charge is 2.14. The lowest BCUT2D eigenvalue weighted by atomic mass is 10.2. The van der Waals surface area contributed by atoms with Gasteiger partial charge in [-0.3, -0.25) is 14.9 Å². The van der Waals surface area contributed by atoms with Crippen molar-refractivity contribution in [1.29, 1.82) is 0 Å². The molecule has 1 heterocycles. The molecule has 1 aromatic heterocycles. The molecular weight excluding hydrogens is 186 g/mol. The van der Waals surface area contributed by atoms with Gasteiger partial charge in [-0.05, 0) is 6.07 Å². The van der Waals surface area contributed by atoms with Crippen molar-refractivity contribution in [3.05, 3.63) is 50.9 Å². The van der Waals surface area contributed by atoms with Crippen molar-refractivity contribution in [2.24, 2.45) is 0 Å². The summed E-state index contributed by atoms with van der Waals surface area (Å²) >= 11 is 0. The number of non-ortho nitro benzene ring substituents is 1. The fourth-order valence-electron chi connectivity index (χ4n) is 1.27. The predicted molar refractivity (Wildman–Crippen MR) is 49.1 cm³/mol. The van der Waals surface area contributed by atoms with E-state index in [4.69, 9.17) is 4.42 Å². The van der Waals surface area contributed by atoms with E-state index < -0.39 is 10.4 Å². The third-order valence-corrected chi connectivity index (χ3v) is 1.86. The second-order valence-corrected chi connectivity index (χ2v) is 2.69. The Hall–Kier alpha value is -2.17. The molecule has 0 aliphatic carbocycles. The largest absolute Gasteiger partial charge is 0.464 e. The molecule has 0 atom stereocenters. The highest BCUT2D eigenvalue weighted by molar-refractivity contribution is 5.85. The summed E-state index contributed by atoms with van der Waals surface area (Å²) in [4.78, 5) is 21.3. The summed E-state index contributed by atoms with van der Waals surface area (Å²) in [7, 11) is 0. The maximum Gasteiger partial charge on any atom is 0.284 e. The standard InChI is InChI=1S/C9H5NO4/c11-7-4-5-14-8-3-1-2-6(9(7)8)10(12)13/h1-5H. The van der Waals surface area contributed by atoms with E-state index in [0.717, 1.165) is 6.07 Å². The van der Waals surface area contributed by atoms with E-state index in [1.165, 1.54) is 24.5 Å². The first-order valence-electron chi connectivity index (χ1n) is 3.85. The molecule has 2 rings (SSSR count). The quantitative estimate of drug-likeness (QED) is 0.507. The summed E-state index contributed by atoms with van der Waals surface area (Å²) in [6.45, 7) is 0. The van der Waals surface area contributed by atoms with Crippen molar-refractivity contribution < 1.29 is 9.34 Å². The van der Waals surface area contributed by atoms with Crippen LogP contribution in [-0.2, 0) is 0 Å². The van der Waals surface area contributed by atoms with Gasteiger partial charge in [-0.15, -0.1) is 0 Å². The lowest BCUT2D eigenvalue weighted by Gasteiger charge is -1.95. The van der Waals surface area contributed by atoms with Crippen molar-refractivity contribution in [2.45, 2.75) is 0 Å². The molecule has 0 fully saturated rings. The summed E-state index contributed by atoms with van der Waals surface area (Å²) in [5.74, 6) is 0. The van der Waals surface area contributed by atoms with Crippen LogP contribution in [0.5, 0.6) is 0 Å². The average Bonchev–Trinajstić information content (AvgIpc) is 2.17. The summed E-state index contributed by atoms with van der Waals surface area (Å²) in [5.41, 5.74) is -0.401. The molecule has 5 nitrogen and oxygen atoms in total. The van der Waals surface area contributed by atoms with E-state index in [2.05, 4.69) is 0 Å². The minimum absolute atomic E-state index is 0.0139. The fraction of sp³-hybridized carbons (Fsp3) is 0. The van der Waals surface area contributed by atoms with Crippen molar-refractivity contribution in [1.82, 2.24) is 0 Å². The van der Waals surface area contributed by atoms with Crippen LogP contribution in [0.2, 0.25) is 0 Å². The van der Waals surface area contributed by atoms with Gasteiger partial charge in [0, 0.05) is 12.1 Å². The van der Waals surface area contributed by atoms with Gasteiger partial charge in [0.1, 0.15) is 11.0 Å². The van der Waals surface area contributed by atoms with Gasteiger partial charge in [0.15, 0.2) is 5.43 Å². The van der Waals surface area contributed by atoms with Gasteiger partial charge >= 0.3 is 0 Å². The van der Waals surface area contributed by atoms with Crippen LogP contribution in [0.25, 0.3) is 11.0 Å². The molecule has 70 valence electrons. The summed E-state index contributed by atoms with van der Waals surface area (Å²) in [6.07, 6.45) is 1.22. The molecule has 0 bridgehead atoms. The molecule has 14 heavy (non-hydrogen) atoms. The Morgan fingerprint density at radius 1 is 1.29 bits per heavy atom. The Morgan fingerprint density at radius 3 is 2.79 bits per heavy atom. The smallest absolute Gasteiger partial charge is 0.284 e. The predicted octanol–water partition coefficient (Wildman–Crippen LogP) is 1.70. The van der Waals surface area contributed by atoms with Gasteiger partial charge < -0.3 is 4.42 Å². The molecule has 0 aliphatic heterocycles. The number of benzene rings is 1. The van der Waals surface area contributed by atoms with Gasteiger partial charge in [0.2, 0.25) is 0 Å². The Labute approximate surface area is 77.7 Å². The highest BCUT2D eigenvalue weighted by atomic mass is 16.6. The van der Waals surface area contributed by atoms with E-state index in [0.29, 0.717) is 0 Å². The molecule has 5 heteroatoms. The van der Waals surface area contributed by atoms with Crippen molar-refractivity contribution >= 4 is 16.7 Å². The van der Waals surface area contributed by atoms with Crippen molar-refractivity contribution in [2.75, 3.05) is 0 Å². The molecule has 0 spiro atoms. The molecule has 1 aromatic carbocycles. The topological polar surface area (TPSA) is 73.3 Å². The van der Waals surface area contributed by atoms with E-state index in [1.807, 2.05) is 0 Å². The van der Waals surface area contributed by atoms with Gasteiger partial charge in [-0.25, -0.2) is 0 Å². The zero-order valence-corrected chi connectivity index (χ0v) is 6.97. The Morgan fingerprint density at radius 2 is 2.07 bits per heavy atom. The average molecular weight is 191 g/mol. The maximum atomic E-state index is 11.3. The number of nitro benzene ring substituents is 1. The zero-order valence-electron chi connectivity index (χ0n) is 6.97. The number of nitrogens with zero attached hydrogens (tertiary/aromatic N) is 1. The number of nitro groups is 1. The van der Waals surface area contributed by atoms with E-state index >= 15 is 0 Å². The number of fused-ring (bicyclic) bond motifs is 1. The molecule has 2 aromatic rings. The monoisotopic (exact) mass is 191 g/mol. The lowest BCUT2D eigenvalue weighted by molar-refractivity contribution is -0.383.